The van der Waals surface area contributed by atoms with Crippen molar-refractivity contribution in [3.8, 4) is 22.4 Å². The summed E-state index contributed by atoms with van der Waals surface area (Å²) in [6.07, 6.45) is 0. The Kier molecular flexibility index (Phi) is 2.88. The second-order valence-electron chi connectivity index (χ2n) is 6.68. The Hall–Kier alpha value is -2.97. The molecule has 0 radical (unpaired) electrons. The zero-order chi connectivity index (χ0) is 17.1. The molecule has 0 amide bonds. The van der Waals surface area contributed by atoms with Gasteiger partial charge in [-0.2, -0.15) is 0 Å². The average molecular weight is 351 g/mol. The molecule has 0 spiro atoms. The molecule has 1 aliphatic heterocycles. The van der Waals surface area contributed by atoms with Gasteiger partial charge < -0.3 is 4.98 Å². The monoisotopic (exact) mass is 351 g/mol. The highest BCUT2D eigenvalue weighted by molar-refractivity contribution is 7.99. The molecule has 124 valence electrons. The molecule has 0 bridgehead atoms. The SMILES string of the molecule is [HH].c1ccc2c(c1)Sc1ccccc1-c1c-2[nH]c2c1ccc1ccccc12. The Morgan fingerprint density at radius 1 is 0.615 bits per heavy atom. The van der Waals surface area contributed by atoms with Crippen molar-refractivity contribution in [3.05, 3.63) is 84.9 Å². The van der Waals surface area contributed by atoms with E-state index in [1.54, 1.807) is 0 Å². The second-order valence-corrected chi connectivity index (χ2v) is 7.76. The van der Waals surface area contributed by atoms with Gasteiger partial charge in [-0.25, -0.2) is 0 Å². The van der Waals surface area contributed by atoms with Crippen LogP contribution < -0.4 is 0 Å². The van der Waals surface area contributed by atoms with Gasteiger partial charge in [0.05, 0.1) is 11.2 Å². The van der Waals surface area contributed by atoms with Gasteiger partial charge in [0.25, 0.3) is 0 Å². The van der Waals surface area contributed by atoms with E-state index in [0.717, 1.165) is 0 Å². The van der Waals surface area contributed by atoms with E-state index in [4.69, 9.17) is 0 Å². The summed E-state index contributed by atoms with van der Waals surface area (Å²) in [5.74, 6) is 0. The average Bonchev–Trinajstić information content (AvgIpc) is 3.02. The van der Waals surface area contributed by atoms with Gasteiger partial charge in [-0.3, -0.25) is 0 Å². The number of nitrogens with one attached hydrogen (secondary N) is 1. The van der Waals surface area contributed by atoms with Gasteiger partial charge in [-0.15, -0.1) is 0 Å². The van der Waals surface area contributed by atoms with E-state index in [-0.39, 0.29) is 1.43 Å². The number of aromatic nitrogens is 1. The van der Waals surface area contributed by atoms with E-state index >= 15 is 0 Å². The Morgan fingerprint density at radius 2 is 1.31 bits per heavy atom. The fourth-order valence-corrected chi connectivity index (χ4v) is 5.15. The summed E-state index contributed by atoms with van der Waals surface area (Å²) in [6.45, 7) is 0. The highest BCUT2D eigenvalue weighted by Gasteiger charge is 2.23. The molecule has 1 aromatic heterocycles. The first kappa shape index (κ1) is 14.2. The van der Waals surface area contributed by atoms with E-state index in [1.807, 2.05) is 11.8 Å². The van der Waals surface area contributed by atoms with E-state index in [1.165, 1.54) is 53.9 Å². The molecule has 0 saturated heterocycles. The summed E-state index contributed by atoms with van der Waals surface area (Å²) in [6, 6.07) is 30.5. The molecule has 6 rings (SSSR count). The Morgan fingerprint density at radius 3 is 2.19 bits per heavy atom. The van der Waals surface area contributed by atoms with Crippen molar-refractivity contribution in [3.63, 3.8) is 0 Å². The number of benzene rings is 4. The molecule has 1 N–H and O–H groups in total. The lowest BCUT2D eigenvalue weighted by molar-refractivity contribution is 1.39. The predicted octanol–water partition coefficient (Wildman–Crippen LogP) is 7.37. The number of hydrogen-bond donors (Lipinski definition) is 1. The van der Waals surface area contributed by atoms with Crippen molar-refractivity contribution in [2.24, 2.45) is 0 Å². The minimum absolute atomic E-state index is 0. The van der Waals surface area contributed by atoms with Crippen LogP contribution in [0.5, 0.6) is 0 Å². The maximum atomic E-state index is 3.78. The first-order valence-corrected chi connectivity index (χ1v) is 9.62. The van der Waals surface area contributed by atoms with Gasteiger partial charge in [0, 0.05) is 33.1 Å². The van der Waals surface area contributed by atoms with Crippen LogP contribution >= 0.6 is 11.8 Å². The fraction of sp³-hybridized carbons (Fsp3) is 0. The van der Waals surface area contributed by atoms with Crippen molar-refractivity contribution in [2.45, 2.75) is 9.79 Å². The third-order valence-corrected chi connectivity index (χ3v) is 6.38. The Labute approximate surface area is 157 Å². The van der Waals surface area contributed by atoms with E-state index < -0.39 is 0 Å². The molecule has 0 unspecified atom stereocenters. The topological polar surface area (TPSA) is 15.8 Å². The summed E-state index contributed by atoms with van der Waals surface area (Å²) >= 11 is 1.86. The van der Waals surface area contributed by atoms with E-state index in [0.29, 0.717) is 0 Å². The molecule has 0 fully saturated rings. The van der Waals surface area contributed by atoms with Crippen molar-refractivity contribution in [1.29, 1.82) is 0 Å². The summed E-state index contributed by atoms with van der Waals surface area (Å²) < 4.78 is 0. The lowest BCUT2D eigenvalue weighted by Gasteiger charge is -2.07. The van der Waals surface area contributed by atoms with Crippen molar-refractivity contribution < 1.29 is 1.43 Å². The minimum atomic E-state index is 0. The van der Waals surface area contributed by atoms with Crippen LogP contribution in [0.4, 0.5) is 0 Å². The van der Waals surface area contributed by atoms with Crippen LogP contribution in [0.3, 0.4) is 0 Å². The number of fused-ring (bicyclic) bond motifs is 9. The van der Waals surface area contributed by atoms with Crippen LogP contribution in [0.15, 0.2) is 94.7 Å². The molecular weight excluding hydrogens is 334 g/mol. The first-order chi connectivity index (χ1) is 12.9. The largest absolute Gasteiger partial charge is 0.353 e. The molecule has 4 aromatic carbocycles. The highest BCUT2D eigenvalue weighted by atomic mass is 32.2. The zero-order valence-electron chi connectivity index (χ0n) is 14.0. The highest BCUT2D eigenvalue weighted by Crippen LogP contribution is 2.50. The zero-order valence-corrected chi connectivity index (χ0v) is 14.8. The molecule has 0 atom stereocenters. The smallest absolute Gasteiger partial charge is 0.0556 e. The number of aromatic amines is 1. The lowest BCUT2D eigenvalue weighted by Crippen LogP contribution is -1.81. The Bertz CT molecular complexity index is 1320. The van der Waals surface area contributed by atoms with Crippen LogP contribution in [-0.4, -0.2) is 4.98 Å². The summed E-state index contributed by atoms with van der Waals surface area (Å²) in [7, 11) is 0. The molecule has 1 aliphatic rings. The lowest BCUT2D eigenvalue weighted by atomic mass is 9.97. The van der Waals surface area contributed by atoms with Gasteiger partial charge in [-0.05, 0) is 23.1 Å². The maximum Gasteiger partial charge on any atom is 0.0556 e. The third kappa shape index (κ3) is 1.88. The Balaban J connectivity index is 0.00000160. The van der Waals surface area contributed by atoms with Crippen molar-refractivity contribution in [1.82, 2.24) is 4.98 Å². The van der Waals surface area contributed by atoms with Crippen LogP contribution in [0.1, 0.15) is 1.43 Å². The normalized spacial score (nSPS) is 12.5. The molecular formula is C24H17NS. The molecule has 0 aliphatic carbocycles. The molecule has 2 heterocycles. The summed E-state index contributed by atoms with van der Waals surface area (Å²) in [4.78, 5) is 6.40. The molecule has 26 heavy (non-hydrogen) atoms. The van der Waals surface area contributed by atoms with E-state index in [2.05, 4.69) is 89.9 Å². The van der Waals surface area contributed by atoms with Crippen LogP contribution in [0, 0.1) is 0 Å². The molecule has 5 aromatic rings. The van der Waals surface area contributed by atoms with Crippen LogP contribution in [-0.2, 0) is 0 Å². The van der Waals surface area contributed by atoms with Gasteiger partial charge in [0.2, 0.25) is 0 Å². The second kappa shape index (κ2) is 5.26. The van der Waals surface area contributed by atoms with Gasteiger partial charge in [0.1, 0.15) is 0 Å². The van der Waals surface area contributed by atoms with E-state index in [9.17, 15) is 0 Å². The van der Waals surface area contributed by atoms with Gasteiger partial charge in [-0.1, -0.05) is 84.6 Å². The van der Waals surface area contributed by atoms with Gasteiger partial charge in [0.15, 0.2) is 0 Å². The minimum Gasteiger partial charge on any atom is -0.353 e. The van der Waals surface area contributed by atoms with Gasteiger partial charge >= 0.3 is 0 Å². The van der Waals surface area contributed by atoms with Crippen LogP contribution in [0.25, 0.3) is 44.1 Å². The summed E-state index contributed by atoms with van der Waals surface area (Å²) in [5, 5.41) is 3.84. The van der Waals surface area contributed by atoms with Crippen molar-refractivity contribution >= 4 is 33.4 Å². The molecule has 2 heteroatoms. The number of H-pyrrole nitrogens is 1. The van der Waals surface area contributed by atoms with Crippen LogP contribution in [0.2, 0.25) is 0 Å². The standard InChI is InChI=1S/C24H15NS.H2/c1-2-8-16-15(7-1)13-14-19-22-17-9-3-5-11-20(17)26-21-12-6-4-10-18(21)24(22)25-23(16)19;/h1-14,25H;1H. The fourth-order valence-electron chi connectivity index (χ4n) is 4.06. The first-order valence-electron chi connectivity index (χ1n) is 8.80. The maximum absolute atomic E-state index is 3.78. The number of hydrogen-bond acceptors (Lipinski definition) is 1. The quantitative estimate of drug-likeness (QED) is 0.302. The summed E-state index contributed by atoms with van der Waals surface area (Å²) in [5.41, 5.74) is 6.36. The molecule has 0 saturated carbocycles. The predicted molar refractivity (Wildman–Crippen MR) is 113 cm³/mol. The van der Waals surface area contributed by atoms with Crippen molar-refractivity contribution in [2.75, 3.05) is 0 Å². The number of rotatable bonds is 0. The third-order valence-electron chi connectivity index (χ3n) is 5.23. The molecule has 1 nitrogen and oxygen atoms in total.